The molecular formula is C15H19ClN2O2. The molecule has 108 valence electrons. The average molecular weight is 295 g/mol. The monoisotopic (exact) mass is 294 g/mol. The number of amides is 2. The highest BCUT2D eigenvalue weighted by Crippen LogP contribution is 2.29. The third-order valence-electron chi connectivity index (χ3n) is 3.78. The van der Waals surface area contributed by atoms with E-state index < -0.39 is 10.9 Å². The second-order valence-corrected chi connectivity index (χ2v) is 5.99. The van der Waals surface area contributed by atoms with Crippen molar-refractivity contribution < 1.29 is 9.59 Å². The van der Waals surface area contributed by atoms with Crippen LogP contribution in [-0.2, 0) is 9.59 Å². The molecule has 0 spiro atoms. The molecule has 1 aromatic carbocycles. The maximum Gasteiger partial charge on any atom is 0.247 e. The van der Waals surface area contributed by atoms with Gasteiger partial charge >= 0.3 is 0 Å². The molecule has 1 aromatic rings. The smallest absolute Gasteiger partial charge is 0.247 e. The number of rotatable bonds is 2. The van der Waals surface area contributed by atoms with Crippen LogP contribution >= 0.6 is 11.6 Å². The molecule has 1 saturated heterocycles. The molecule has 0 saturated carbocycles. The molecule has 0 aliphatic carbocycles. The van der Waals surface area contributed by atoms with Gasteiger partial charge in [0.05, 0.1) is 0 Å². The standard InChI is InChI=1S/C15H19ClN2O2/c1-15(2)14(20)17(3)9-10-18(15)13(19)12(16)11-7-5-4-6-8-11/h4-8,12H,9-10H2,1-3H3. The Hall–Kier alpha value is -1.55. The van der Waals surface area contributed by atoms with E-state index in [2.05, 4.69) is 0 Å². The summed E-state index contributed by atoms with van der Waals surface area (Å²) in [6, 6.07) is 9.21. The van der Waals surface area contributed by atoms with Crippen LogP contribution in [0.2, 0.25) is 0 Å². The summed E-state index contributed by atoms with van der Waals surface area (Å²) in [5.41, 5.74) is -0.104. The number of hydrogen-bond donors (Lipinski definition) is 0. The highest BCUT2D eigenvalue weighted by molar-refractivity contribution is 6.31. The van der Waals surface area contributed by atoms with Gasteiger partial charge in [0.1, 0.15) is 10.9 Å². The number of hydrogen-bond acceptors (Lipinski definition) is 2. The van der Waals surface area contributed by atoms with Gasteiger partial charge in [-0.25, -0.2) is 0 Å². The third kappa shape index (κ3) is 2.52. The summed E-state index contributed by atoms with van der Waals surface area (Å²) in [6.07, 6.45) is 0. The molecule has 0 bridgehead atoms. The minimum atomic E-state index is -0.855. The first-order chi connectivity index (χ1) is 9.35. The van der Waals surface area contributed by atoms with Crippen LogP contribution in [0, 0.1) is 0 Å². The van der Waals surface area contributed by atoms with Crippen molar-refractivity contribution in [2.45, 2.75) is 24.8 Å². The Bertz CT molecular complexity index is 516. The van der Waals surface area contributed by atoms with Crippen LogP contribution in [-0.4, -0.2) is 47.3 Å². The lowest BCUT2D eigenvalue weighted by atomic mass is 9.96. The first-order valence-electron chi connectivity index (χ1n) is 6.61. The first-order valence-corrected chi connectivity index (χ1v) is 7.05. The Morgan fingerprint density at radius 2 is 1.85 bits per heavy atom. The largest absolute Gasteiger partial charge is 0.342 e. The number of carbonyl (C=O) groups is 2. The van der Waals surface area contributed by atoms with Crippen molar-refractivity contribution >= 4 is 23.4 Å². The second-order valence-electron chi connectivity index (χ2n) is 5.55. The van der Waals surface area contributed by atoms with Gasteiger partial charge in [0.2, 0.25) is 11.8 Å². The first kappa shape index (κ1) is 14.9. The maximum atomic E-state index is 12.6. The Balaban J connectivity index is 2.23. The summed E-state index contributed by atoms with van der Waals surface area (Å²) in [5.74, 6) is -0.279. The summed E-state index contributed by atoms with van der Waals surface area (Å²) in [5, 5.41) is -0.758. The predicted molar refractivity (Wildman–Crippen MR) is 78.5 cm³/mol. The predicted octanol–water partition coefficient (Wildman–Crippen LogP) is 2.05. The van der Waals surface area contributed by atoms with Crippen LogP contribution in [0.3, 0.4) is 0 Å². The van der Waals surface area contributed by atoms with Crippen LogP contribution in [0.25, 0.3) is 0 Å². The lowest BCUT2D eigenvalue weighted by Gasteiger charge is -2.45. The molecule has 2 amide bonds. The Morgan fingerprint density at radius 1 is 1.25 bits per heavy atom. The molecular weight excluding hydrogens is 276 g/mol. The van der Waals surface area contributed by atoms with E-state index in [1.54, 1.807) is 30.7 Å². The van der Waals surface area contributed by atoms with E-state index in [1.165, 1.54) is 0 Å². The summed E-state index contributed by atoms with van der Waals surface area (Å²) in [4.78, 5) is 28.0. The fourth-order valence-corrected chi connectivity index (χ4v) is 2.76. The number of piperazine rings is 1. The van der Waals surface area contributed by atoms with E-state index in [4.69, 9.17) is 11.6 Å². The topological polar surface area (TPSA) is 40.6 Å². The van der Waals surface area contributed by atoms with Gasteiger partial charge < -0.3 is 9.80 Å². The SMILES string of the molecule is CN1CCN(C(=O)C(Cl)c2ccccc2)C(C)(C)C1=O. The van der Waals surface area contributed by atoms with Crippen LogP contribution < -0.4 is 0 Å². The maximum absolute atomic E-state index is 12.6. The highest BCUT2D eigenvalue weighted by atomic mass is 35.5. The lowest BCUT2D eigenvalue weighted by molar-refractivity contribution is -0.157. The van der Waals surface area contributed by atoms with Gasteiger partial charge in [-0.2, -0.15) is 0 Å². The van der Waals surface area contributed by atoms with Crippen LogP contribution in [0.5, 0.6) is 0 Å². The van der Waals surface area contributed by atoms with Crippen molar-refractivity contribution in [3.05, 3.63) is 35.9 Å². The molecule has 1 fully saturated rings. The fourth-order valence-electron chi connectivity index (χ4n) is 2.50. The molecule has 1 atom stereocenters. The number of nitrogens with zero attached hydrogens (tertiary/aromatic N) is 2. The molecule has 0 aromatic heterocycles. The molecule has 1 unspecified atom stereocenters. The minimum absolute atomic E-state index is 0.0611. The fraction of sp³-hybridized carbons (Fsp3) is 0.467. The number of benzene rings is 1. The van der Waals surface area contributed by atoms with E-state index in [0.29, 0.717) is 13.1 Å². The number of carbonyl (C=O) groups excluding carboxylic acids is 2. The summed E-state index contributed by atoms with van der Waals surface area (Å²) >= 11 is 6.29. The minimum Gasteiger partial charge on any atom is -0.342 e. The molecule has 1 aliphatic heterocycles. The van der Waals surface area contributed by atoms with Crippen molar-refractivity contribution in [1.29, 1.82) is 0 Å². The Kier molecular flexibility index (Phi) is 4.04. The van der Waals surface area contributed by atoms with Crippen molar-refractivity contribution in [1.82, 2.24) is 9.80 Å². The quantitative estimate of drug-likeness (QED) is 0.783. The van der Waals surface area contributed by atoms with Gasteiger partial charge in [-0.15, -0.1) is 11.6 Å². The van der Waals surface area contributed by atoms with Gasteiger partial charge in [-0.05, 0) is 19.4 Å². The molecule has 0 radical (unpaired) electrons. The van der Waals surface area contributed by atoms with E-state index in [1.807, 2.05) is 30.3 Å². The van der Waals surface area contributed by atoms with Crippen molar-refractivity contribution in [3.8, 4) is 0 Å². The van der Waals surface area contributed by atoms with E-state index in [9.17, 15) is 9.59 Å². The molecule has 5 heteroatoms. The molecule has 0 N–H and O–H groups in total. The van der Waals surface area contributed by atoms with Gasteiger partial charge in [0.25, 0.3) is 0 Å². The lowest BCUT2D eigenvalue weighted by Crippen LogP contribution is -2.64. The summed E-state index contributed by atoms with van der Waals surface area (Å²) in [6.45, 7) is 4.56. The van der Waals surface area contributed by atoms with Crippen LogP contribution in [0.15, 0.2) is 30.3 Å². The van der Waals surface area contributed by atoms with Gasteiger partial charge in [-0.3, -0.25) is 9.59 Å². The summed E-state index contributed by atoms with van der Waals surface area (Å²) in [7, 11) is 1.75. The number of halogens is 1. The van der Waals surface area contributed by atoms with Crippen molar-refractivity contribution in [3.63, 3.8) is 0 Å². The van der Waals surface area contributed by atoms with E-state index in [-0.39, 0.29) is 11.8 Å². The molecule has 2 rings (SSSR count). The number of likely N-dealkylation sites (N-methyl/N-ethyl adjacent to an activating group) is 1. The third-order valence-corrected chi connectivity index (χ3v) is 4.22. The molecule has 1 heterocycles. The van der Waals surface area contributed by atoms with Gasteiger partial charge in [0, 0.05) is 20.1 Å². The van der Waals surface area contributed by atoms with E-state index >= 15 is 0 Å². The average Bonchev–Trinajstić information content (AvgIpc) is 2.44. The van der Waals surface area contributed by atoms with Crippen LogP contribution in [0.1, 0.15) is 24.8 Å². The zero-order valence-electron chi connectivity index (χ0n) is 12.0. The van der Waals surface area contributed by atoms with Gasteiger partial charge in [-0.1, -0.05) is 30.3 Å². The molecule has 1 aliphatic rings. The molecule has 20 heavy (non-hydrogen) atoms. The summed E-state index contributed by atoms with van der Waals surface area (Å²) < 4.78 is 0. The van der Waals surface area contributed by atoms with Crippen molar-refractivity contribution in [2.75, 3.05) is 20.1 Å². The van der Waals surface area contributed by atoms with Crippen LogP contribution in [0.4, 0.5) is 0 Å². The zero-order valence-corrected chi connectivity index (χ0v) is 12.7. The Labute approximate surface area is 124 Å². The molecule has 4 nitrogen and oxygen atoms in total. The number of alkyl halides is 1. The van der Waals surface area contributed by atoms with E-state index in [0.717, 1.165) is 5.56 Å². The normalized spacial score (nSPS) is 19.9. The van der Waals surface area contributed by atoms with Crippen molar-refractivity contribution in [2.24, 2.45) is 0 Å². The van der Waals surface area contributed by atoms with Gasteiger partial charge in [0.15, 0.2) is 0 Å². The Morgan fingerprint density at radius 3 is 2.45 bits per heavy atom. The zero-order chi connectivity index (χ0) is 14.9. The highest BCUT2D eigenvalue weighted by Gasteiger charge is 2.44. The second kappa shape index (κ2) is 5.44.